The average molecular weight is 329 g/mol. The van der Waals surface area contributed by atoms with Crippen molar-refractivity contribution in [2.24, 2.45) is 13.0 Å². The van der Waals surface area contributed by atoms with Gasteiger partial charge in [-0.25, -0.2) is 0 Å². The van der Waals surface area contributed by atoms with E-state index in [4.69, 9.17) is 0 Å². The first kappa shape index (κ1) is 16.3. The van der Waals surface area contributed by atoms with Gasteiger partial charge in [0.25, 0.3) is 5.91 Å². The predicted octanol–water partition coefficient (Wildman–Crippen LogP) is 2.09. The monoisotopic (exact) mass is 328 g/mol. The molecule has 1 amide bonds. The van der Waals surface area contributed by atoms with E-state index in [-0.39, 0.29) is 18.3 Å². The van der Waals surface area contributed by atoms with Crippen LogP contribution < -0.4 is 10.6 Å². The molecule has 0 aromatic carbocycles. The number of hydrogen-bond acceptors (Lipinski definition) is 4. The van der Waals surface area contributed by atoms with Crippen molar-refractivity contribution in [2.75, 3.05) is 19.6 Å². The minimum absolute atomic E-state index is 0. The lowest BCUT2D eigenvalue weighted by Crippen LogP contribution is -2.25. The summed E-state index contributed by atoms with van der Waals surface area (Å²) in [6, 6.07) is 1.95. The lowest BCUT2D eigenvalue weighted by Gasteiger charge is -2.08. The molecule has 3 rings (SSSR count). The zero-order valence-corrected chi connectivity index (χ0v) is 13.9. The summed E-state index contributed by atoms with van der Waals surface area (Å²) in [7, 11) is 1.92. The molecule has 1 aliphatic rings. The molecule has 2 aromatic rings. The van der Waals surface area contributed by atoms with Crippen molar-refractivity contribution in [3.05, 3.63) is 16.6 Å². The van der Waals surface area contributed by atoms with Gasteiger partial charge in [-0.3, -0.25) is 9.48 Å². The third-order valence-electron chi connectivity index (χ3n) is 3.92. The molecule has 1 saturated heterocycles. The van der Waals surface area contributed by atoms with Gasteiger partial charge in [0, 0.05) is 19.0 Å². The summed E-state index contributed by atoms with van der Waals surface area (Å²) in [6.07, 6.45) is 2.29. The number of rotatable bonds is 4. The molecular formula is C14H21ClN4OS. The zero-order valence-electron chi connectivity index (χ0n) is 12.3. The van der Waals surface area contributed by atoms with Gasteiger partial charge in [0.05, 0.1) is 10.6 Å². The first-order valence-electron chi connectivity index (χ1n) is 7.07. The summed E-state index contributed by atoms with van der Waals surface area (Å²) >= 11 is 1.51. The Morgan fingerprint density at radius 1 is 1.62 bits per heavy atom. The Labute approximate surface area is 134 Å². The van der Waals surface area contributed by atoms with Crippen molar-refractivity contribution >= 4 is 39.9 Å². The molecule has 0 bridgehead atoms. The molecule has 1 aliphatic heterocycles. The number of amides is 1. The van der Waals surface area contributed by atoms with E-state index in [0.29, 0.717) is 5.92 Å². The van der Waals surface area contributed by atoms with Crippen molar-refractivity contribution < 1.29 is 4.79 Å². The number of aromatic nitrogens is 2. The molecule has 1 unspecified atom stereocenters. The number of nitrogens with one attached hydrogen (secondary N) is 2. The van der Waals surface area contributed by atoms with Crippen molar-refractivity contribution in [1.29, 1.82) is 0 Å². The Hall–Kier alpha value is -1.11. The number of fused-ring (bicyclic) bond motifs is 1. The lowest BCUT2D eigenvalue weighted by molar-refractivity contribution is 0.0956. The molecule has 2 N–H and O–H groups in total. The normalized spacial score (nSPS) is 17.9. The summed E-state index contributed by atoms with van der Waals surface area (Å²) in [5.74, 6) is 0.751. The highest BCUT2D eigenvalue weighted by Crippen LogP contribution is 2.27. The van der Waals surface area contributed by atoms with Crippen LogP contribution in [0.5, 0.6) is 0 Å². The fourth-order valence-electron chi connectivity index (χ4n) is 2.75. The molecular weight excluding hydrogens is 308 g/mol. The lowest BCUT2D eigenvalue weighted by atomic mass is 10.1. The van der Waals surface area contributed by atoms with Crippen LogP contribution in [0, 0.1) is 12.8 Å². The van der Waals surface area contributed by atoms with Crippen LogP contribution in [0.15, 0.2) is 6.07 Å². The molecule has 0 radical (unpaired) electrons. The van der Waals surface area contributed by atoms with E-state index in [0.717, 1.165) is 46.8 Å². The maximum Gasteiger partial charge on any atom is 0.261 e. The van der Waals surface area contributed by atoms with Gasteiger partial charge in [0.1, 0.15) is 4.83 Å². The van der Waals surface area contributed by atoms with Crippen LogP contribution in [-0.2, 0) is 7.05 Å². The Bertz CT molecular complexity index is 596. The quantitative estimate of drug-likeness (QED) is 0.903. The molecule has 0 saturated carbocycles. The fourth-order valence-corrected chi connectivity index (χ4v) is 3.79. The highest BCUT2D eigenvalue weighted by atomic mass is 35.5. The maximum atomic E-state index is 12.2. The molecule has 1 fully saturated rings. The van der Waals surface area contributed by atoms with E-state index in [1.165, 1.54) is 17.8 Å². The van der Waals surface area contributed by atoms with Crippen molar-refractivity contribution in [3.63, 3.8) is 0 Å². The third-order valence-corrected chi connectivity index (χ3v) is 5.12. The SMILES string of the molecule is Cc1nn(C)c2sc(C(=O)NCCC3CCNC3)cc12.Cl. The van der Waals surface area contributed by atoms with Gasteiger partial charge < -0.3 is 10.6 Å². The summed E-state index contributed by atoms with van der Waals surface area (Å²) < 4.78 is 1.84. The van der Waals surface area contributed by atoms with Crippen LogP contribution in [0.4, 0.5) is 0 Å². The fraction of sp³-hybridized carbons (Fsp3) is 0.571. The van der Waals surface area contributed by atoms with Gasteiger partial charge in [-0.05, 0) is 44.8 Å². The Morgan fingerprint density at radius 3 is 3.10 bits per heavy atom. The molecule has 3 heterocycles. The van der Waals surface area contributed by atoms with E-state index in [1.807, 2.05) is 24.7 Å². The number of carbonyl (C=O) groups is 1. The highest BCUT2D eigenvalue weighted by molar-refractivity contribution is 7.20. The molecule has 0 spiro atoms. The van der Waals surface area contributed by atoms with E-state index < -0.39 is 0 Å². The van der Waals surface area contributed by atoms with Gasteiger partial charge in [-0.1, -0.05) is 0 Å². The molecule has 116 valence electrons. The second kappa shape index (κ2) is 6.77. The molecule has 21 heavy (non-hydrogen) atoms. The van der Waals surface area contributed by atoms with Crippen LogP contribution in [-0.4, -0.2) is 35.3 Å². The smallest absolute Gasteiger partial charge is 0.261 e. The average Bonchev–Trinajstić information content (AvgIpc) is 3.11. The second-order valence-electron chi connectivity index (χ2n) is 5.44. The van der Waals surface area contributed by atoms with Gasteiger partial charge in [0.2, 0.25) is 0 Å². The molecule has 1 atom stereocenters. The third kappa shape index (κ3) is 3.39. The van der Waals surface area contributed by atoms with E-state index >= 15 is 0 Å². The second-order valence-corrected chi connectivity index (χ2v) is 6.47. The Morgan fingerprint density at radius 2 is 2.43 bits per heavy atom. The van der Waals surface area contributed by atoms with Gasteiger partial charge in [0.15, 0.2) is 0 Å². The summed E-state index contributed by atoms with van der Waals surface area (Å²) in [5.41, 5.74) is 0.981. The topological polar surface area (TPSA) is 59.0 Å². The molecule has 5 nitrogen and oxygen atoms in total. The summed E-state index contributed by atoms with van der Waals surface area (Å²) in [4.78, 5) is 14.0. The Balaban J connectivity index is 0.00000161. The van der Waals surface area contributed by atoms with Gasteiger partial charge in [-0.2, -0.15) is 5.10 Å². The van der Waals surface area contributed by atoms with Crippen molar-refractivity contribution in [3.8, 4) is 0 Å². The number of aryl methyl sites for hydroxylation is 2. The summed E-state index contributed by atoms with van der Waals surface area (Å²) in [5, 5.41) is 11.8. The van der Waals surface area contributed by atoms with Crippen LogP contribution >= 0.6 is 23.7 Å². The largest absolute Gasteiger partial charge is 0.351 e. The van der Waals surface area contributed by atoms with Crippen LogP contribution in [0.1, 0.15) is 28.2 Å². The standard InChI is InChI=1S/C14H20N4OS.ClH/c1-9-11-7-12(20-14(11)18(2)17-9)13(19)16-6-4-10-3-5-15-8-10;/h7,10,15H,3-6,8H2,1-2H3,(H,16,19);1H. The molecule has 2 aromatic heterocycles. The maximum absolute atomic E-state index is 12.2. The van der Waals surface area contributed by atoms with Crippen molar-refractivity contribution in [2.45, 2.75) is 19.8 Å². The van der Waals surface area contributed by atoms with E-state index in [9.17, 15) is 4.79 Å². The zero-order chi connectivity index (χ0) is 14.1. The number of nitrogens with zero attached hydrogens (tertiary/aromatic N) is 2. The van der Waals surface area contributed by atoms with Crippen molar-refractivity contribution in [1.82, 2.24) is 20.4 Å². The first-order chi connectivity index (χ1) is 9.65. The van der Waals surface area contributed by atoms with Crippen LogP contribution in [0.3, 0.4) is 0 Å². The van der Waals surface area contributed by atoms with Gasteiger partial charge >= 0.3 is 0 Å². The molecule has 7 heteroatoms. The van der Waals surface area contributed by atoms with Crippen LogP contribution in [0.2, 0.25) is 0 Å². The number of thiophene rings is 1. The number of hydrogen-bond donors (Lipinski definition) is 2. The minimum atomic E-state index is 0. The number of halogens is 1. The highest BCUT2D eigenvalue weighted by Gasteiger charge is 2.17. The van der Waals surface area contributed by atoms with Crippen LogP contribution in [0.25, 0.3) is 10.2 Å². The first-order valence-corrected chi connectivity index (χ1v) is 7.89. The number of carbonyl (C=O) groups excluding carboxylic acids is 1. The van der Waals surface area contributed by atoms with E-state index in [2.05, 4.69) is 15.7 Å². The predicted molar refractivity (Wildman–Crippen MR) is 88.5 cm³/mol. The minimum Gasteiger partial charge on any atom is -0.351 e. The van der Waals surface area contributed by atoms with E-state index in [1.54, 1.807) is 0 Å². The molecule has 0 aliphatic carbocycles. The van der Waals surface area contributed by atoms with Gasteiger partial charge in [-0.15, -0.1) is 23.7 Å². The Kier molecular flexibility index (Phi) is 5.24. The summed E-state index contributed by atoms with van der Waals surface area (Å²) in [6.45, 7) is 4.94.